The Bertz CT molecular complexity index is 1060. The van der Waals surface area contributed by atoms with Crippen molar-refractivity contribution >= 4 is 29.3 Å². The number of amidine groups is 1. The van der Waals surface area contributed by atoms with Crippen LogP contribution < -0.4 is 10.6 Å². The highest BCUT2D eigenvalue weighted by Gasteiger charge is 2.56. The summed E-state index contributed by atoms with van der Waals surface area (Å²) in [4.78, 5) is 56.5. The number of carbonyl (C=O) groups is 4. The van der Waals surface area contributed by atoms with Crippen molar-refractivity contribution in [3.05, 3.63) is 49.0 Å². The summed E-state index contributed by atoms with van der Waals surface area (Å²) in [5, 5.41) is 26.8. The molecule has 41 heavy (non-hydrogen) atoms. The number of aliphatic hydroxyl groups is 2. The van der Waals surface area contributed by atoms with Crippen LogP contribution in [0.3, 0.4) is 0 Å². The Hall–Kier alpha value is -3.64. The number of allylic oxidation sites excluding steroid dienone is 3. The van der Waals surface area contributed by atoms with Crippen molar-refractivity contribution in [3.63, 3.8) is 0 Å². The topological polar surface area (TPSA) is 152 Å². The zero-order chi connectivity index (χ0) is 32.0. The van der Waals surface area contributed by atoms with Gasteiger partial charge in [-0.25, -0.2) is 4.39 Å². The maximum absolute atomic E-state index is 13.2. The minimum absolute atomic E-state index is 0.128. The predicted octanol–water partition coefficient (Wildman–Crippen LogP) is 2.21. The molecule has 1 saturated carbocycles. The van der Waals surface area contributed by atoms with Crippen LogP contribution in [0.2, 0.25) is 0 Å². The maximum Gasteiger partial charge on any atom is 0.294 e. The van der Waals surface area contributed by atoms with Gasteiger partial charge in [-0.1, -0.05) is 19.1 Å². The highest BCUT2D eigenvalue weighted by atomic mass is 19.1. The largest absolute Gasteiger partial charge is 0.503 e. The van der Waals surface area contributed by atoms with Gasteiger partial charge in [0.2, 0.25) is 11.7 Å². The molecule has 3 amide bonds. The summed E-state index contributed by atoms with van der Waals surface area (Å²) < 4.78 is 13.2. The van der Waals surface area contributed by atoms with Gasteiger partial charge in [-0.15, -0.1) is 13.2 Å². The average molecular weight is 580 g/mol. The van der Waals surface area contributed by atoms with E-state index >= 15 is 0 Å². The van der Waals surface area contributed by atoms with Crippen molar-refractivity contribution in [2.45, 2.75) is 57.6 Å². The first-order valence-electron chi connectivity index (χ1n) is 13.3. The zero-order valence-corrected chi connectivity index (χ0v) is 25.3. The normalized spacial score (nSPS) is 23.9. The van der Waals surface area contributed by atoms with E-state index in [1.807, 2.05) is 14.1 Å². The number of aliphatic imine (C=N–C) groups is 1. The van der Waals surface area contributed by atoms with Gasteiger partial charge in [0.05, 0.1) is 18.2 Å². The molecule has 2 saturated heterocycles. The molecule has 0 aromatic rings. The van der Waals surface area contributed by atoms with Crippen LogP contribution in [0.1, 0.15) is 46.5 Å². The second-order valence-electron chi connectivity index (χ2n) is 9.90. The summed E-state index contributed by atoms with van der Waals surface area (Å²) in [6.07, 6.45) is 5.89. The average Bonchev–Trinajstić information content (AvgIpc) is 3.17. The zero-order valence-electron chi connectivity index (χ0n) is 25.3. The third kappa shape index (κ3) is 10.0. The fraction of sp³-hybridized carbons (Fsp3) is 0.552. The van der Waals surface area contributed by atoms with Crippen LogP contribution in [0.25, 0.3) is 0 Å². The Morgan fingerprint density at radius 1 is 1.20 bits per heavy atom. The van der Waals surface area contributed by atoms with Crippen LogP contribution >= 0.6 is 0 Å². The van der Waals surface area contributed by atoms with E-state index in [1.165, 1.54) is 31.1 Å². The lowest BCUT2D eigenvalue weighted by molar-refractivity contribution is -0.146. The SMILES string of the molecule is C/C=C(F)\C=C/C(C)CNC(=O)/C=C(\O)C(=O)N1CC2(O)CCC(N(C)C(=O)C(C)=O)(CC2)C1=NC.C=C.CNC. The molecular formula is C29H46FN5O6. The smallest absolute Gasteiger partial charge is 0.294 e. The lowest BCUT2D eigenvalue weighted by atomic mass is 9.74. The molecule has 1 atom stereocenters. The molecule has 3 fully saturated rings. The summed E-state index contributed by atoms with van der Waals surface area (Å²) in [5.74, 6) is -4.52. The van der Waals surface area contributed by atoms with Crippen LogP contribution in [0.5, 0.6) is 0 Å². The van der Waals surface area contributed by atoms with Gasteiger partial charge in [0.25, 0.3) is 11.8 Å². The Kier molecular flexibility index (Phi) is 15.7. The second-order valence-corrected chi connectivity index (χ2v) is 9.90. The molecule has 230 valence electrons. The number of Topliss-reactive ketones (excluding diaryl/α,β-unsaturated/α-hetero) is 1. The minimum Gasteiger partial charge on any atom is -0.503 e. The van der Waals surface area contributed by atoms with E-state index in [4.69, 9.17) is 0 Å². The molecule has 2 bridgehead atoms. The number of likely N-dealkylation sites (N-methyl/N-ethyl adjacent to an activating group) is 1. The molecule has 2 heterocycles. The molecule has 0 aromatic heterocycles. The van der Waals surface area contributed by atoms with E-state index in [2.05, 4.69) is 28.8 Å². The van der Waals surface area contributed by atoms with Gasteiger partial charge in [0.15, 0.2) is 5.76 Å². The number of carbonyl (C=O) groups excluding carboxylic acids is 4. The first kappa shape index (κ1) is 37.4. The number of fused-ring (bicyclic) bond motifs is 4. The van der Waals surface area contributed by atoms with Crippen LogP contribution in [0.15, 0.2) is 54.0 Å². The summed E-state index contributed by atoms with van der Waals surface area (Å²) in [7, 11) is 6.62. The number of rotatable bonds is 8. The highest BCUT2D eigenvalue weighted by molar-refractivity contribution is 6.35. The number of ketones is 1. The highest BCUT2D eigenvalue weighted by Crippen LogP contribution is 2.44. The molecule has 0 aromatic carbocycles. The van der Waals surface area contributed by atoms with Gasteiger partial charge in [-0.05, 0) is 58.7 Å². The molecule has 11 nitrogen and oxygen atoms in total. The maximum atomic E-state index is 13.2. The number of hydrogen-bond acceptors (Lipinski definition) is 8. The summed E-state index contributed by atoms with van der Waals surface area (Å²) in [6, 6.07) is 0. The Balaban J connectivity index is 0.00000299. The number of aliphatic hydroxyl groups excluding tert-OH is 1. The van der Waals surface area contributed by atoms with Gasteiger partial charge in [0.1, 0.15) is 17.2 Å². The van der Waals surface area contributed by atoms with E-state index in [1.54, 1.807) is 19.9 Å². The van der Waals surface area contributed by atoms with Crippen molar-refractivity contribution in [2.75, 3.05) is 41.3 Å². The molecule has 12 heteroatoms. The van der Waals surface area contributed by atoms with Crippen molar-refractivity contribution in [1.82, 2.24) is 20.4 Å². The van der Waals surface area contributed by atoms with E-state index in [0.717, 1.165) is 17.9 Å². The minimum atomic E-state index is -1.28. The van der Waals surface area contributed by atoms with E-state index in [9.17, 15) is 33.8 Å². The first-order valence-corrected chi connectivity index (χ1v) is 13.3. The number of amides is 3. The first-order chi connectivity index (χ1) is 19.2. The third-order valence-electron chi connectivity index (χ3n) is 6.78. The number of nitrogens with one attached hydrogen (secondary N) is 2. The van der Waals surface area contributed by atoms with Crippen LogP contribution in [-0.4, -0.2) is 102 Å². The summed E-state index contributed by atoms with van der Waals surface area (Å²) in [6.45, 7) is 10.4. The number of halogens is 1. The summed E-state index contributed by atoms with van der Waals surface area (Å²) in [5.41, 5.74) is -2.42. The monoisotopic (exact) mass is 579 g/mol. The van der Waals surface area contributed by atoms with Crippen LogP contribution in [0.4, 0.5) is 4.39 Å². The molecule has 4 N–H and O–H groups in total. The van der Waals surface area contributed by atoms with E-state index in [-0.39, 0.29) is 50.5 Å². The molecule has 3 aliphatic rings. The van der Waals surface area contributed by atoms with Crippen molar-refractivity contribution in [3.8, 4) is 0 Å². The lowest BCUT2D eigenvalue weighted by Gasteiger charge is -2.45. The number of hydrogen-bond donors (Lipinski definition) is 4. The molecule has 1 aliphatic carbocycles. The molecular weight excluding hydrogens is 533 g/mol. The third-order valence-corrected chi connectivity index (χ3v) is 6.78. The van der Waals surface area contributed by atoms with E-state index in [0.29, 0.717) is 0 Å². The van der Waals surface area contributed by atoms with Crippen molar-refractivity contribution in [1.29, 1.82) is 0 Å². The van der Waals surface area contributed by atoms with Crippen LogP contribution in [0, 0.1) is 5.92 Å². The van der Waals surface area contributed by atoms with Gasteiger partial charge in [0, 0.05) is 27.6 Å². The Morgan fingerprint density at radius 3 is 2.20 bits per heavy atom. The predicted molar refractivity (Wildman–Crippen MR) is 158 cm³/mol. The van der Waals surface area contributed by atoms with Crippen LogP contribution in [-0.2, 0) is 19.2 Å². The fourth-order valence-electron chi connectivity index (χ4n) is 4.60. The molecule has 2 aliphatic heterocycles. The van der Waals surface area contributed by atoms with Gasteiger partial charge in [-0.3, -0.25) is 29.1 Å². The Labute approximate surface area is 242 Å². The van der Waals surface area contributed by atoms with Crippen molar-refractivity contribution in [2.24, 2.45) is 10.9 Å². The van der Waals surface area contributed by atoms with Gasteiger partial charge < -0.3 is 25.7 Å². The molecule has 0 spiro atoms. The summed E-state index contributed by atoms with van der Waals surface area (Å²) >= 11 is 0. The molecule has 3 rings (SSSR count). The number of nitrogens with zero attached hydrogens (tertiary/aromatic N) is 3. The van der Waals surface area contributed by atoms with Gasteiger partial charge in [-0.2, -0.15) is 0 Å². The fourth-order valence-corrected chi connectivity index (χ4v) is 4.60. The second kappa shape index (κ2) is 17.2. The van der Waals surface area contributed by atoms with Gasteiger partial charge >= 0.3 is 0 Å². The quantitative estimate of drug-likeness (QED) is 0.113. The molecule has 1 unspecified atom stereocenters. The molecule has 0 radical (unpaired) electrons. The standard InChI is InChI=1S/C25H35FN4O6.C2H7N.C2H4/c1-6-18(26)8-7-16(2)14-28-20(33)13-19(32)22(35)30-15-24(36)9-11-25(12-10-24,23(30)27-4)29(5)21(34)17(3)31;1-3-2;1-2/h6-8,13,16,32,36H,9-12,14-15H2,1-5H3,(H,28,33);3H,1-2H3;1-2H2/b8-7-,18-6+,19-13-,27-23?;;. The Morgan fingerprint density at radius 2 is 1.73 bits per heavy atom. The van der Waals surface area contributed by atoms with Crippen molar-refractivity contribution < 1.29 is 33.8 Å². The van der Waals surface area contributed by atoms with E-state index < -0.39 is 46.2 Å². The lowest BCUT2D eigenvalue weighted by Crippen LogP contribution is -2.61.